The molecule has 0 saturated carbocycles. The van der Waals surface area contributed by atoms with Gasteiger partial charge >= 0.3 is 0 Å². The van der Waals surface area contributed by atoms with Crippen LogP contribution >= 0.6 is 23.2 Å². The summed E-state index contributed by atoms with van der Waals surface area (Å²) in [6, 6.07) is 0. The highest BCUT2D eigenvalue weighted by Gasteiger charge is 2.44. The first-order valence-electron chi connectivity index (χ1n) is 3.50. The van der Waals surface area contributed by atoms with Gasteiger partial charge in [0.2, 0.25) is 0 Å². The van der Waals surface area contributed by atoms with Crippen LogP contribution in [0.25, 0.3) is 0 Å². The SMILES string of the molecule is CC1(C)COC(CCl)(CCl)O1. The first kappa shape index (κ1) is 9.59. The largest absolute Gasteiger partial charge is 0.345 e. The minimum absolute atomic E-state index is 0.260. The number of halogens is 2. The maximum Gasteiger partial charge on any atom is 0.196 e. The highest BCUT2D eigenvalue weighted by Crippen LogP contribution is 2.32. The number of ether oxygens (including phenoxy) is 2. The summed E-state index contributed by atoms with van der Waals surface area (Å²) in [5, 5.41) is 0. The predicted octanol–water partition coefficient (Wildman–Crippen LogP) is 1.99. The lowest BCUT2D eigenvalue weighted by Gasteiger charge is -2.24. The number of hydrogen-bond donors (Lipinski definition) is 0. The molecule has 0 radical (unpaired) electrons. The molecule has 1 fully saturated rings. The highest BCUT2D eigenvalue weighted by atomic mass is 35.5. The summed E-state index contributed by atoms with van der Waals surface area (Å²) >= 11 is 11.3. The summed E-state index contributed by atoms with van der Waals surface area (Å²) in [4.78, 5) is 0. The predicted molar refractivity (Wildman–Crippen MR) is 45.3 cm³/mol. The molecule has 0 unspecified atom stereocenters. The zero-order valence-corrected chi connectivity index (χ0v) is 8.21. The Morgan fingerprint density at radius 3 is 2.00 bits per heavy atom. The van der Waals surface area contributed by atoms with Crippen LogP contribution in [0.1, 0.15) is 13.8 Å². The number of rotatable bonds is 2. The second kappa shape index (κ2) is 3.09. The van der Waals surface area contributed by atoms with Crippen LogP contribution in [0.15, 0.2) is 0 Å². The first-order valence-corrected chi connectivity index (χ1v) is 4.57. The van der Waals surface area contributed by atoms with Crippen molar-refractivity contribution in [3.8, 4) is 0 Å². The van der Waals surface area contributed by atoms with Crippen molar-refractivity contribution in [3.63, 3.8) is 0 Å². The van der Waals surface area contributed by atoms with Crippen molar-refractivity contribution < 1.29 is 9.47 Å². The molecular weight excluding hydrogens is 187 g/mol. The van der Waals surface area contributed by atoms with E-state index >= 15 is 0 Å². The normalized spacial score (nSPS) is 27.3. The van der Waals surface area contributed by atoms with Gasteiger partial charge in [0.25, 0.3) is 0 Å². The molecule has 0 aromatic heterocycles. The van der Waals surface area contributed by atoms with Crippen LogP contribution in [0.2, 0.25) is 0 Å². The summed E-state index contributed by atoms with van der Waals surface area (Å²) in [5.41, 5.74) is -0.260. The zero-order chi connectivity index (χ0) is 8.54. The molecule has 0 N–H and O–H groups in total. The van der Waals surface area contributed by atoms with Crippen LogP contribution in [-0.2, 0) is 9.47 Å². The van der Waals surface area contributed by atoms with E-state index in [9.17, 15) is 0 Å². The fourth-order valence-electron chi connectivity index (χ4n) is 1.04. The van der Waals surface area contributed by atoms with Crippen molar-refractivity contribution in [1.82, 2.24) is 0 Å². The third-order valence-electron chi connectivity index (χ3n) is 1.55. The van der Waals surface area contributed by atoms with Crippen LogP contribution in [-0.4, -0.2) is 29.8 Å². The van der Waals surface area contributed by atoms with Crippen LogP contribution in [0.3, 0.4) is 0 Å². The first-order chi connectivity index (χ1) is 5.04. The van der Waals surface area contributed by atoms with Gasteiger partial charge in [-0.3, -0.25) is 0 Å². The van der Waals surface area contributed by atoms with Crippen molar-refractivity contribution >= 4 is 23.2 Å². The molecule has 4 heteroatoms. The quantitative estimate of drug-likeness (QED) is 0.633. The molecule has 66 valence electrons. The van der Waals surface area contributed by atoms with Crippen molar-refractivity contribution in [1.29, 1.82) is 0 Å². The lowest BCUT2D eigenvalue weighted by molar-refractivity contribution is -0.147. The van der Waals surface area contributed by atoms with E-state index in [0.29, 0.717) is 6.61 Å². The van der Waals surface area contributed by atoms with E-state index in [1.54, 1.807) is 0 Å². The molecule has 0 spiro atoms. The highest BCUT2D eigenvalue weighted by molar-refractivity contribution is 6.21. The van der Waals surface area contributed by atoms with E-state index in [4.69, 9.17) is 32.7 Å². The molecular formula is C7H12Cl2O2. The smallest absolute Gasteiger partial charge is 0.196 e. The summed E-state index contributed by atoms with van der Waals surface area (Å²) in [5.74, 6) is -0.202. The molecule has 0 aromatic carbocycles. The zero-order valence-electron chi connectivity index (χ0n) is 6.69. The second-order valence-corrected chi connectivity index (χ2v) is 3.86. The Morgan fingerprint density at radius 2 is 1.82 bits per heavy atom. The Balaban J connectivity index is 2.62. The Bertz CT molecular complexity index is 143. The summed E-state index contributed by atoms with van der Waals surface area (Å²) < 4.78 is 10.9. The molecule has 0 amide bonds. The second-order valence-electron chi connectivity index (χ2n) is 3.33. The van der Waals surface area contributed by atoms with E-state index in [0.717, 1.165) is 0 Å². The van der Waals surface area contributed by atoms with Gasteiger partial charge in [0.05, 0.1) is 24.0 Å². The maximum absolute atomic E-state index is 5.66. The third kappa shape index (κ3) is 2.00. The minimum atomic E-state index is -0.757. The maximum atomic E-state index is 5.66. The monoisotopic (exact) mass is 198 g/mol. The summed E-state index contributed by atoms with van der Waals surface area (Å²) in [6.45, 7) is 4.45. The molecule has 1 heterocycles. The number of hydrogen-bond acceptors (Lipinski definition) is 2. The fourth-order valence-corrected chi connectivity index (χ4v) is 1.58. The van der Waals surface area contributed by atoms with E-state index in [1.807, 2.05) is 13.8 Å². The van der Waals surface area contributed by atoms with Gasteiger partial charge in [-0.25, -0.2) is 0 Å². The molecule has 0 atom stereocenters. The van der Waals surface area contributed by atoms with E-state index in [1.165, 1.54) is 0 Å². The van der Waals surface area contributed by atoms with E-state index in [-0.39, 0.29) is 17.4 Å². The Kier molecular flexibility index (Phi) is 2.70. The van der Waals surface area contributed by atoms with Gasteiger partial charge in [0.1, 0.15) is 0 Å². The molecule has 1 saturated heterocycles. The fraction of sp³-hybridized carbons (Fsp3) is 1.00. The van der Waals surface area contributed by atoms with Crippen molar-refractivity contribution in [3.05, 3.63) is 0 Å². The standard InChI is InChI=1S/C7H12Cl2O2/c1-6(2)5-10-7(3-8,4-9)11-6/h3-5H2,1-2H3. The average molecular weight is 199 g/mol. The van der Waals surface area contributed by atoms with E-state index < -0.39 is 5.79 Å². The Labute approximate surface area is 76.8 Å². The molecule has 0 aliphatic carbocycles. The number of alkyl halides is 2. The lowest BCUT2D eigenvalue weighted by atomic mass is 10.2. The topological polar surface area (TPSA) is 18.5 Å². The molecule has 0 aromatic rings. The lowest BCUT2D eigenvalue weighted by Crippen LogP contribution is -2.37. The van der Waals surface area contributed by atoms with Gasteiger partial charge in [0, 0.05) is 0 Å². The molecule has 1 aliphatic heterocycles. The van der Waals surface area contributed by atoms with Gasteiger partial charge in [-0.15, -0.1) is 23.2 Å². The summed E-state index contributed by atoms with van der Waals surface area (Å²) in [6.07, 6.45) is 0. The molecule has 0 bridgehead atoms. The van der Waals surface area contributed by atoms with Crippen LogP contribution in [0.5, 0.6) is 0 Å². The van der Waals surface area contributed by atoms with Gasteiger partial charge in [-0.2, -0.15) is 0 Å². The van der Waals surface area contributed by atoms with Crippen molar-refractivity contribution in [2.45, 2.75) is 25.2 Å². The Hall–Kier alpha value is 0.500. The molecule has 1 aliphatic rings. The Morgan fingerprint density at radius 1 is 1.27 bits per heavy atom. The average Bonchev–Trinajstić information content (AvgIpc) is 2.28. The van der Waals surface area contributed by atoms with E-state index in [2.05, 4.69) is 0 Å². The van der Waals surface area contributed by atoms with Crippen LogP contribution in [0, 0.1) is 0 Å². The minimum Gasteiger partial charge on any atom is -0.345 e. The van der Waals surface area contributed by atoms with Crippen LogP contribution < -0.4 is 0 Å². The van der Waals surface area contributed by atoms with Gasteiger partial charge in [0.15, 0.2) is 5.79 Å². The molecule has 1 rings (SSSR count). The summed E-state index contributed by atoms with van der Waals surface area (Å²) in [7, 11) is 0. The van der Waals surface area contributed by atoms with Crippen molar-refractivity contribution in [2.75, 3.05) is 18.4 Å². The van der Waals surface area contributed by atoms with Crippen molar-refractivity contribution in [2.24, 2.45) is 0 Å². The molecule has 2 nitrogen and oxygen atoms in total. The van der Waals surface area contributed by atoms with Gasteiger partial charge in [-0.05, 0) is 13.8 Å². The van der Waals surface area contributed by atoms with Gasteiger partial charge in [-0.1, -0.05) is 0 Å². The molecule has 11 heavy (non-hydrogen) atoms. The third-order valence-corrected chi connectivity index (χ3v) is 2.37. The van der Waals surface area contributed by atoms with Crippen LogP contribution in [0.4, 0.5) is 0 Å². The van der Waals surface area contributed by atoms with Gasteiger partial charge < -0.3 is 9.47 Å².